The normalized spacial score (nSPS) is 12.4. The Balaban J connectivity index is 1.96. The van der Waals surface area contributed by atoms with Gasteiger partial charge in [-0.05, 0) is 23.6 Å². The zero-order chi connectivity index (χ0) is 17.7. The fourth-order valence-corrected chi connectivity index (χ4v) is 2.91. The number of aliphatic hydroxyl groups is 1. The summed E-state index contributed by atoms with van der Waals surface area (Å²) in [6.07, 6.45) is 0. The minimum atomic E-state index is -1.74. The topological polar surface area (TPSA) is 49.3 Å². The Bertz CT molecular complexity index is 777. The Labute approximate surface area is 148 Å². The fourth-order valence-electron chi connectivity index (χ4n) is 2.91. The molecule has 3 rings (SSSR count). The van der Waals surface area contributed by atoms with Crippen LogP contribution in [0.15, 0.2) is 91.0 Å². The molecule has 0 aliphatic carbocycles. The third-order valence-electron chi connectivity index (χ3n) is 4.36. The number of benzene rings is 3. The summed E-state index contributed by atoms with van der Waals surface area (Å²) >= 11 is 0. The van der Waals surface area contributed by atoms with Crippen LogP contribution in [0.4, 0.5) is 0 Å². The van der Waals surface area contributed by atoms with E-state index in [9.17, 15) is 9.90 Å². The molecule has 126 valence electrons. The molecule has 0 aromatic heterocycles. The summed E-state index contributed by atoms with van der Waals surface area (Å²) in [6.45, 7) is 1.91. The van der Waals surface area contributed by atoms with Crippen molar-refractivity contribution in [1.29, 1.82) is 0 Å². The van der Waals surface area contributed by atoms with E-state index >= 15 is 0 Å². The van der Waals surface area contributed by atoms with Crippen molar-refractivity contribution >= 4 is 5.91 Å². The molecule has 0 aliphatic heterocycles. The highest BCUT2D eigenvalue weighted by Gasteiger charge is 2.40. The summed E-state index contributed by atoms with van der Waals surface area (Å²) in [7, 11) is 0. The number of carbonyl (C=O) groups is 1. The van der Waals surface area contributed by atoms with Gasteiger partial charge in [-0.3, -0.25) is 4.79 Å². The van der Waals surface area contributed by atoms with Crippen molar-refractivity contribution in [2.24, 2.45) is 0 Å². The Hall–Kier alpha value is -2.91. The first kappa shape index (κ1) is 16.9. The van der Waals surface area contributed by atoms with Crippen LogP contribution in [0.5, 0.6) is 0 Å². The lowest BCUT2D eigenvalue weighted by Crippen LogP contribution is -2.46. The van der Waals surface area contributed by atoms with Gasteiger partial charge in [0.15, 0.2) is 5.60 Å². The van der Waals surface area contributed by atoms with Gasteiger partial charge in [-0.1, -0.05) is 91.0 Å². The van der Waals surface area contributed by atoms with E-state index in [4.69, 9.17) is 0 Å². The summed E-state index contributed by atoms with van der Waals surface area (Å²) in [4.78, 5) is 13.1. The summed E-state index contributed by atoms with van der Waals surface area (Å²) in [6, 6.07) is 27.5. The van der Waals surface area contributed by atoms with Gasteiger partial charge in [0.1, 0.15) is 0 Å². The van der Waals surface area contributed by atoms with Crippen LogP contribution in [-0.4, -0.2) is 11.0 Å². The predicted molar refractivity (Wildman–Crippen MR) is 98.9 cm³/mol. The van der Waals surface area contributed by atoms with E-state index in [1.807, 2.05) is 73.7 Å². The average Bonchev–Trinajstić information content (AvgIpc) is 2.69. The monoisotopic (exact) mass is 331 g/mol. The maximum atomic E-state index is 13.1. The van der Waals surface area contributed by atoms with Gasteiger partial charge in [0, 0.05) is 0 Å². The number of nitrogens with one attached hydrogen (secondary N) is 1. The van der Waals surface area contributed by atoms with Gasteiger partial charge in [0.05, 0.1) is 6.04 Å². The minimum Gasteiger partial charge on any atom is -0.372 e. The SMILES string of the molecule is C[C@H](NC(=O)C(O)(c1ccccc1)c1ccccc1)c1ccccc1. The highest BCUT2D eigenvalue weighted by atomic mass is 16.3. The van der Waals surface area contributed by atoms with Crippen LogP contribution in [-0.2, 0) is 10.4 Å². The maximum Gasteiger partial charge on any atom is 0.261 e. The van der Waals surface area contributed by atoms with Crippen molar-refractivity contribution in [1.82, 2.24) is 5.32 Å². The van der Waals surface area contributed by atoms with Crippen LogP contribution in [0.1, 0.15) is 29.7 Å². The van der Waals surface area contributed by atoms with Crippen LogP contribution in [0, 0.1) is 0 Å². The van der Waals surface area contributed by atoms with Gasteiger partial charge in [-0.25, -0.2) is 0 Å². The third kappa shape index (κ3) is 3.47. The molecule has 0 radical (unpaired) electrons. The Morgan fingerprint density at radius 2 is 1.20 bits per heavy atom. The molecule has 0 heterocycles. The third-order valence-corrected chi connectivity index (χ3v) is 4.36. The van der Waals surface area contributed by atoms with Gasteiger partial charge < -0.3 is 10.4 Å². The van der Waals surface area contributed by atoms with Gasteiger partial charge in [0.2, 0.25) is 0 Å². The smallest absolute Gasteiger partial charge is 0.261 e. The summed E-state index contributed by atoms with van der Waals surface area (Å²) in [5.74, 6) is -0.443. The summed E-state index contributed by atoms with van der Waals surface area (Å²) in [5, 5.41) is 14.4. The first-order chi connectivity index (χ1) is 12.1. The fraction of sp³-hybridized carbons (Fsp3) is 0.136. The zero-order valence-electron chi connectivity index (χ0n) is 14.1. The second-order valence-corrected chi connectivity index (χ2v) is 6.05. The van der Waals surface area contributed by atoms with Crippen molar-refractivity contribution in [3.63, 3.8) is 0 Å². The number of amides is 1. The number of carbonyl (C=O) groups excluding carboxylic acids is 1. The summed E-state index contributed by atoms with van der Waals surface area (Å²) < 4.78 is 0. The van der Waals surface area contributed by atoms with E-state index in [-0.39, 0.29) is 6.04 Å². The lowest BCUT2D eigenvalue weighted by molar-refractivity contribution is -0.137. The van der Waals surface area contributed by atoms with Crippen LogP contribution >= 0.6 is 0 Å². The Kier molecular flexibility index (Phi) is 4.96. The Morgan fingerprint density at radius 1 is 0.800 bits per heavy atom. The van der Waals surface area contributed by atoms with Crippen molar-refractivity contribution < 1.29 is 9.90 Å². The zero-order valence-corrected chi connectivity index (χ0v) is 14.1. The largest absolute Gasteiger partial charge is 0.372 e. The first-order valence-electron chi connectivity index (χ1n) is 8.31. The molecule has 1 atom stereocenters. The van der Waals surface area contributed by atoms with Crippen LogP contribution < -0.4 is 5.32 Å². The van der Waals surface area contributed by atoms with E-state index in [1.165, 1.54) is 0 Å². The molecule has 3 aromatic rings. The maximum absolute atomic E-state index is 13.1. The van der Waals surface area contributed by atoms with E-state index < -0.39 is 11.5 Å². The molecule has 0 saturated carbocycles. The first-order valence-corrected chi connectivity index (χ1v) is 8.31. The molecule has 0 unspecified atom stereocenters. The second kappa shape index (κ2) is 7.32. The van der Waals surface area contributed by atoms with E-state index in [0.717, 1.165) is 5.56 Å². The van der Waals surface area contributed by atoms with Gasteiger partial charge in [0.25, 0.3) is 5.91 Å². The molecular formula is C22H21NO2. The molecule has 3 nitrogen and oxygen atoms in total. The molecule has 0 spiro atoms. The van der Waals surface area contributed by atoms with Crippen molar-refractivity contribution in [3.8, 4) is 0 Å². The quantitative estimate of drug-likeness (QED) is 0.747. The lowest BCUT2D eigenvalue weighted by atomic mass is 9.85. The second-order valence-electron chi connectivity index (χ2n) is 6.05. The molecule has 1 amide bonds. The highest BCUT2D eigenvalue weighted by Crippen LogP contribution is 2.30. The van der Waals surface area contributed by atoms with E-state index in [0.29, 0.717) is 11.1 Å². The number of rotatable bonds is 5. The van der Waals surface area contributed by atoms with Gasteiger partial charge in [-0.2, -0.15) is 0 Å². The Morgan fingerprint density at radius 3 is 1.64 bits per heavy atom. The molecular weight excluding hydrogens is 310 g/mol. The lowest BCUT2D eigenvalue weighted by Gasteiger charge is -2.29. The van der Waals surface area contributed by atoms with Crippen LogP contribution in [0.3, 0.4) is 0 Å². The number of hydrogen-bond acceptors (Lipinski definition) is 2. The van der Waals surface area contributed by atoms with Gasteiger partial charge >= 0.3 is 0 Å². The van der Waals surface area contributed by atoms with Gasteiger partial charge in [-0.15, -0.1) is 0 Å². The molecule has 2 N–H and O–H groups in total. The number of hydrogen-bond donors (Lipinski definition) is 2. The molecule has 0 saturated heterocycles. The van der Waals surface area contributed by atoms with Crippen molar-refractivity contribution in [2.75, 3.05) is 0 Å². The minimum absolute atomic E-state index is 0.215. The highest BCUT2D eigenvalue weighted by molar-refractivity contribution is 5.90. The van der Waals surface area contributed by atoms with Crippen molar-refractivity contribution in [2.45, 2.75) is 18.6 Å². The standard InChI is InChI=1S/C22H21NO2/c1-17(18-11-5-2-6-12-18)23-21(24)22(25,19-13-7-3-8-14-19)20-15-9-4-10-16-20/h2-17,25H,1H3,(H,23,24)/t17-/m0/s1. The average molecular weight is 331 g/mol. The predicted octanol–water partition coefficient (Wildman–Crippen LogP) is 3.80. The van der Waals surface area contributed by atoms with Crippen LogP contribution in [0.25, 0.3) is 0 Å². The van der Waals surface area contributed by atoms with E-state index in [1.54, 1.807) is 24.3 Å². The molecule has 0 bridgehead atoms. The molecule has 3 aromatic carbocycles. The molecule has 0 fully saturated rings. The van der Waals surface area contributed by atoms with Crippen molar-refractivity contribution in [3.05, 3.63) is 108 Å². The summed E-state index contributed by atoms with van der Waals surface area (Å²) in [5.41, 5.74) is 0.322. The molecule has 25 heavy (non-hydrogen) atoms. The van der Waals surface area contributed by atoms with E-state index in [2.05, 4.69) is 5.32 Å². The molecule has 0 aliphatic rings. The molecule has 3 heteroatoms. The van der Waals surface area contributed by atoms with Crippen LogP contribution in [0.2, 0.25) is 0 Å².